The summed E-state index contributed by atoms with van der Waals surface area (Å²) < 4.78 is 10.7. The van der Waals surface area contributed by atoms with Crippen LogP contribution in [0.3, 0.4) is 0 Å². The summed E-state index contributed by atoms with van der Waals surface area (Å²) in [7, 11) is 4.89. The molecule has 0 radical (unpaired) electrons. The molecule has 5 heteroatoms. The highest BCUT2D eigenvalue weighted by Crippen LogP contribution is 2.25. The van der Waals surface area contributed by atoms with Crippen molar-refractivity contribution < 1.29 is 14.3 Å². The molecule has 0 aliphatic rings. The second-order valence-corrected chi connectivity index (χ2v) is 4.57. The van der Waals surface area contributed by atoms with Crippen LogP contribution >= 0.6 is 15.9 Å². The van der Waals surface area contributed by atoms with Gasteiger partial charge in [0.05, 0.1) is 25.2 Å². The topological polar surface area (TPSA) is 38.8 Å². The summed E-state index contributed by atoms with van der Waals surface area (Å²) in [4.78, 5) is 13.0. The van der Waals surface area contributed by atoms with Gasteiger partial charge in [0.1, 0.15) is 5.75 Å². The van der Waals surface area contributed by atoms with E-state index in [0.717, 1.165) is 15.8 Å². The molecule has 94 valence electrons. The lowest BCUT2D eigenvalue weighted by atomic mass is 10.2. The Balaban J connectivity index is 2.62. The van der Waals surface area contributed by atoms with Crippen LogP contribution in [0.4, 0.5) is 0 Å². The van der Waals surface area contributed by atoms with Crippen molar-refractivity contribution in [3.63, 3.8) is 0 Å². The van der Waals surface area contributed by atoms with E-state index in [1.54, 1.807) is 7.11 Å². The summed E-state index contributed by atoms with van der Waals surface area (Å²) in [5.41, 5.74) is 1.10. The smallest absolute Gasteiger partial charge is 0.319 e. The highest BCUT2D eigenvalue weighted by molar-refractivity contribution is 9.10. The van der Waals surface area contributed by atoms with Gasteiger partial charge in [-0.1, -0.05) is 6.07 Å². The van der Waals surface area contributed by atoms with Crippen LogP contribution in [-0.2, 0) is 16.1 Å². The van der Waals surface area contributed by atoms with E-state index in [0.29, 0.717) is 6.54 Å². The minimum absolute atomic E-state index is 0.236. The molecule has 0 aliphatic heterocycles. The average Bonchev–Trinajstić information content (AvgIpc) is 2.29. The van der Waals surface area contributed by atoms with E-state index < -0.39 is 0 Å². The second-order valence-electron chi connectivity index (χ2n) is 3.72. The number of likely N-dealkylation sites (N-methyl/N-ethyl adjacent to an activating group) is 1. The number of carbonyl (C=O) groups excluding carboxylic acids is 1. The highest BCUT2D eigenvalue weighted by atomic mass is 79.9. The van der Waals surface area contributed by atoms with Crippen molar-refractivity contribution in [3.05, 3.63) is 28.2 Å². The summed E-state index contributed by atoms with van der Waals surface area (Å²) in [6.45, 7) is 0.956. The molecule has 0 fully saturated rings. The Morgan fingerprint density at radius 1 is 1.41 bits per heavy atom. The molecule has 0 aliphatic carbocycles. The molecule has 4 nitrogen and oxygen atoms in total. The predicted molar refractivity (Wildman–Crippen MR) is 69.0 cm³/mol. The van der Waals surface area contributed by atoms with Crippen LogP contribution in [0.15, 0.2) is 22.7 Å². The van der Waals surface area contributed by atoms with Crippen LogP contribution in [0.2, 0.25) is 0 Å². The Labute approximate surface area is 110 Å². The molecular weight excluding hydrogens is 286 g/mol. The van der Waals surface area contributed by atoms with Gasteiger partial charge in [-0.15, -0.1) is 0 Å². The lowest BCUT2D eigenvalue weighted by Crippen LogP contribution is -2.26. The maximum absolute atomic E-state index is 11.1. The molecule has 0 bridgehead atoms. The standard InChI is InChI=1S/C12H16BrNO3/c1-14(8-12(15)17-3)7-9-4-5-11(16-2)10(13)6-9/h4-6H,7-8H2,1-3H3. The summed E-state index contributed by atoms with van der Waals surface area (Å²) in [6.07, 6.45) is 0. The number of benzene rings is 1. The Hall–Kier alpha value is -1.07. The van der Waals surface area contributed by atoms with Crippen molar-refractivity contribution in [1.82, 2.24) is 4.90 Å². The summed E-state index contributed by atoms with van der Waals surface area (Å²) >= 11 is 3.43. The second kappa shape index (κ2) is 6.61. The first-order chi connectivity index (χ1) is 8.06. The van der Waals surface area contributed by atoms with E-state index in [4.69, 9.17) is 4.74 Å². The Morgan fingerprint density at radius 3 is 2.65 bits per heavy atom. The lowest BCUT2D eigenvalue weighted by Gasteiger charge is -2.15. The number of esters is 1. The quantitative estimate of drug-likeness (QED) is 0.781. The van der Waals surface area contributed by atoms with Crippen molar-refractivity contribution in [1.29, 1.82) is 0 Å². The van der Waals surface area contributed by atoms with Crippen molar-refractivity contribution >= 4 is 21.9 Å². The number of rotatable bonds is 5. The zero-order valence-corrected chi connectivity index (χ0v) is 11.8. The number of halogens is 1. The lowest BCUT2D eigenvalue weighted by molar-refractivity contribution is -0.141. The molecule has 17 heavy (non-hydrogen) atoms. The van der Waals surface area contributed by atoms with Crippen LogP contribution in [0.1, 0.15) is 5.56 Å². The number of ether oxygens (including phenoxy) is 2. The molecule has 0 unspecified atom stereocenters. The number of carbonyl (C=O) groups is 1. The zero-order chi connectivity index (χ0) is 12.8. The largest absolute Gasteiger partial charge is 0.496 e. The third-order valence-electron chi connectivity index (χ3n) is 2.30. The van der Waals surface area contributed by atoms with Crippen molar-refractivity contribution in [2.45, 2.75) is 6.54 Å². The number of hydrogen-bond acceptors (Lipinski definition) is 4. The van der Waals surface area contributed by atoms with Crippen LogP contribution in [0.5, 0.6) is 5.75 Å². The van der Waals surface area contributed by atoms with Gasteiger partial charge in [0.25, 0.3) is 0 Å². The third kappa shape index (κ3) is 4.36. The Bertz CT molecular complexity index is 395. The van der Waals surface area contributed by atoms with Gasteiger partial charge in [0, 0.05) is 6.54 Å². The van der Waals surface area contributed by atoms with Gasteiger partial charge in [0.15, 0.2) is 0 Å². The fourth-order valence-electron chi connectivity index (χ4n) is 1.46. The van der Waals surface area contributed by atoms with Crippen LogP contribution in [-0.4, -0.2) is 38.7 Å². The maximum Gasteiger partial charge on any atom is 0.319 e. The van der Waals surface area contributed by atoms with Gasteiger partial charge in [-0.2, -0.15) is 0 Å². The van der Waals surface area contributed by atoms with E-state index in [9.17, 15) is 4.79 Å². The monoisotopic (exact) mass is 301 g/mol. The molecule has 0 spiro atoms. The normalized spacial score (nSPS) is 10.4. The van der Waals surface area contributed by atoms with Crippen molar-refractivity contribution in [3.8, 4) is 5.75 Å². The van der Waals surface area contributed by atoms with Crippen LogP contribution in [0.25, 0.3) is 0 Å². The number of nitrogens with zero attached hydrogens (tertiary/aromatic N) is 1. The van der Waals surface area contributed by atoms with Crippen LogP contribution < -0.4 is 4.74 Å². The summed E-state index contributed by atoms with van der Waals surface area (Å²) in [6, 6.07) is 5.84. The minimum atomic E-state index is -0.236. The van der Waals surface area contributed by atoms with E-state index in [1.807, 2.05) is 30.1 Å². The molecular formula is C12H16BrNO3. The molecule has 0 N–H and O–H groups in total. The SMILES string of the molecule is COC(=O)CN(C)Cc1ccc(OC)c(Br)c1. The molecule has 0 aromatic heterocycles. The first-order valence-electron chi connectivity index (χ1n) is 5.14. The fourth-order valence-corrected chi connectivity index (χ4v) is 2.05. The van der Waals surface area contributed by atoms with Gasteiger partial charge in [-0.25, -0.2) is 0 Å². The van der Waals surface area contributed by atoms with Gasteiger partial charge >= 0.3 is 5.97 Å². The van der Waals surface area contributed by atoms with Crippen molar-refractivity contribution in [2.75, 3.05) is 27.8 Å². The van der Waals surface area contributed by atoms with Gasteiger partial charge < -0.3 is 9.47 Å². The molecule has 0 saturated carbocycles. The van der Waals surface area contributed by atoms with Gasteiger partial charge in [-0.05, 0) is 40.7 Å². The molecule has 1 rings (SSSR count). The zero-order valence-electron chi connectivity index (χ0n) is 10.2. The van der Waals surface area contributed by atoms with Gasteiger partial charge in [0.2, 0.25) is 0 Å². The minimum Gasteiger partial charge on any atom is -0.496 e. The van der Waals surface area contributed by atoms with Crippen LogP contribution in [0, 0.1) is 0 Å². The molecule has 1 aromatic rings. The first-order valence-corrected chi connectivity index (χ1v) is 5.94. The fraction of sp³-hybridized carbons (Fsp3) is 0.417. The van der Waals surface area contributed by atoms with E-state index in [2.05, 4.69) is 20.7 Å². The molecule has 0 saturated heterocycles. The third-order valence-corrected chi connectivity index (χ3v) is 2.92. The van der Waals surface area contributed by atoms with E-state index in [-0.39, 0.29) is 12.5 Å². The van der Waals surface area contributed by atoms with Gasteiger partial charge in [-0.3, -0.25) is 9.69 Å². The molecule has 0 amide bonds. The highest BCUT2D eigenvalue weighted by Gasteiger charge is 2.08. The van der Waals surface area contributed by atoms with Crippen molar-refractivity contribution in [2.24, 2.45) is 0 Å². The van der Waals surface area contributed by atoms with E-state index in [1.165, 1.54) is 7.11 Å². The predicted octanol–water partition coefficient (Wildman–Crippen LogP) is 2.06. The van der Waals surface area contributed by atoms with E-state index >= 15 is 0 Å². The maximum atomic E-state index is 11.1. The number of hydrogen-bond donors (Lipinski definition) is 0. The Kier molecular flexibility index (Phi) is 5.44. The summed E-state index contributed by atoms with van der Waals surface area (Å²) in [5, 5.41) is 0. The number of methoxy groups -OCH3 is 2. The summed E-state index contributed by atoms with van der Waals surface area (Å²) in [5.74, 6) is 0.560. The average molecular weight is 302 g/mol. The molecule has 0 atom stereocenters. The molecule has 0 heterocycles. The first kappa shape index (κ1) is 14.0. The Morgan fingerprint density at radius 2 is 2.12 bits per heavy atom. The molecule has 1 aromatic carbocycles.